The first-order chi connectivity index (χ1) is 13.8. The van der Waals surface area contributed by atoms with Crippen LogP contribution < -0.4 is 9.47 Å². The number of aryl methyl sites for hydroxylation is 1. The molecule has 0 radical (unpaired) electrons. The molecule has 0 heterocycles. The third-order valence-electron chi connectivity index (χ3n) is 4.85. The van der Waals surface area contributed by atoms with E-state index in [2.05, 4.69) is 11.8 Å². The zero-order chi connectivity index (χ0) is 21.4. The fourth-order valence-corrected chi connectivity index (χ4v) is 2.70. The molecule has 0 fully saturated rings. The molecule has 5 nitrogen and oxygen atoms in total. The Bertz CT molecular complexity index is 888. The number of ether oxygens (including phenoxy) is 3. The highest BCUT2D eigenvalue weighted by atomic mass is 16.5. The van der Waals surface area contributed by atoms with Crippen molar-refractivity contribution in [1.82, 2.24) is 0 Å². The molecular formula is C24H28O5. The third kappa shape index (κ3) is 6.00. The minimum absolute atomic E-state index is 0.0435. The molecule has 0 bridgehead atoms. The molecule has 0 aromatic heterocycles. The smallest absolute Gasteiger partial charge is 0.341 e. The summed E-state index contributed by atoms with van der Waals surface area (Å²) < 4.78 is 15.9. The Kier molecular flexibility index (Phi) is 7.69. The van der Waals surface area contributed by atoms with Crippen molar-refractivity contribution in [2.45, 2.75) is 20.8 Å². The molecule has 0 aliphatic carbocycles. The molecule has 2 aromatic carbocycles. The highest BCUT2D eigenvalue weighted by Crippen LogP contribution is 2.27. The van der Waals surface area contributed by atoms with E-state index in [0.717, 1.165) is 11.3 Å². The maximum Gasteiger partial charge on any atom is 0.341 e. The molecule has 1 N–H and O–H groups in total. The van der Waals surface area contributed by atoms with E-state index in [4.69, 9.17) is 14.2 Å². The highest BCUT2D eigenvalue weighted by Gasteiger charge is 2.28. The number of hydrogen-bond donors (Lipinski definition) is 1. The van der Waals surface area contributed by atoms with Gasteiger partial charge in [0.25, 0.3) is 0 Å². The van der Waals surface area contributed by atoms with Gasteiger partial charge in [-0.2, -0.15) is 0 Å². The minimum Gasteiger partial charge on any atom is -0.496 e. The highest BCUT2D eigenvalue weighted by molar-refractivity contribution is 5.92. The van der Waals surface area contributed by atoms with Gasteiger partial charge in [0.1, 0.15) is 17.1 Å². The molecular weight excluding hydrogens is 368 g/mol. The summed E-state index contributed by atoms with van der Waals surface area (Å²) in [5, 5.41) is 9.87. The van der Waals surface area contributed by atoms with Crippen molar-refractivity contribution in [2.24, 2.45) is 11.3 Å². The molecule has 2 aromatic rings. The second-order valence-corrected chi connectivity index (χ2v) is 7.38. The number of benzene rings is 2. The van der Waals surface area contributed by atoms with Gasteiger partial charge in [-0.3, -0.25) is 0 Å². The molecule has 0 aliphatic rings. The van der Waals surface area contributed by atoms with Crippen LogP contribution in [0.1, 0.15) is 35.3 Å². The SMILES string of the molecule is COC(=O)c1ccc(C#CC(C)(C)[C@@H](CO)COc2ccc(C)cc2)cc1OC. The summed E-state index contributed by atoms with van der Waals surface area (Å²) in [4.78, 5) is 11.8. The number of aliphatic hydroxyl groups excluding tert-OH is 1. The first kappa shape index (κ1) is 22.3. The van der Waals surface area contributed by atoms with Crippen molar-refractivity contribution in [3.63, 3.8) is 0 Å². The molecule has 0 saturated carbocycles. The fraction of sp³-hybridized carbons (Fsp3) is 0.375. The monoisotopic (exact) mass is 396 g/mol. The number of esters is 1. The number of hydrogen-bond acceptors (Lipinski definition) is 5. The van der Waals surface area contributed by atoms with Crippen molar-refractivity contribution < 1.29 is 24.1 Å². The van der Waals surface area contributed by atoms with Crippen LogP contribution in [0.15, 0.2) is 42.5 Å². The number of aliphatic hydroxyl groups is 1. The Labute approximate surface area is 172 Å². The van der Waals surface area contributed by atoms with Gasteiger partial charge in [0.05, 0.1) is 27.4 Å². The lowest BCUT2D eigenvalue weighted by atomic mass is 9.80. The van der Waals surface area contributed by atoms with Crippen molar-refractivity contribution in [3.8, 4) is 23.3 Å². The zero-order valence-electron chi connectivity index (χ0n) is 17.6. The number of methoxy groups -OCH3 is 2. The number of carbonyl (C=O) groups excluding carboxylic acids is 1. The van der Waals surface area contributed by atoms with Crippen molar-refractivity contribution >= 4 is 5.97 Å². The Hall–Kier alpha value is -2.97. The first-order valence-corrected chi connectivity index (χ1v) is 9.40. The van der Waals surface area contributed by atoms with Crippen molar-refractivity contribution in [2.75, 3.05) is 27.4 Å². The number of rotatable bonds is 7. The second-order valence-electron chi connectivity index (χ2n) is 7.38. The van der Waals surface area contributed by atoms with E-state index in [-0.39, 0.29) is 12.5 Å². The maximum atomic E-state index is 11.8. The normalized spacial score (nSPS) is 11.8. The van der Waals surface area contributed by atoms with Crippen LogP contribution in [-0.4, -0.2) is 38.5 Å². The Morgan fingerprint density at radius 1 is 1.14 bits per heavy atom. The lowest BCUT2D eigenvalue weighted by Gasteiger charge is -2.28. The first-order valence-electron chi connectivity index (χ1n) is 9.40. The molecule has 2 rings (SSSR count). The lowest BCUT2D eigenvalue weighted by Crippen LogP contribution is -2.31. The van der Waals surface area contributed by atoms with Gasteiger partial charge in [-0.15, -0.1) is 0 Å². The molecule has 0 saturated heterocycles. The Morgan fingerprint density at radius 3 is 2.41 bits per heavy atom. The van der Waals surface area contributed by atoms with Gasteiger partial charge in [-0.1, -0.05) is 29.5 Å². The van der Waals surface area contributed by atoms with E-state index in [0.29, 0.717) is 23.5 Å². The summed E-state index contributed by atoms with van der Waals surface area (Å²) in [5.41, 5.74) is 1.72. The molecule has 0 aliphatic heterocycles. The summed E-state index contributed by atoms with van der Waals surface area (Å²) >= 11 is 0. The van der Waals surface area contributed by atoms with Crippen LogP contribution >= 0.6 is 0 Å². The summed E-state index contributed by atoms with van der Waals surface area (Å²) in [5.74, 6) is 6.87. The summed E-state index contributed by atoms with van der Waals surface area (Å²) in [6, 6.07) is 12.9. The van der Waals surface area contributed by atoms with Gasteiger partial charge in [0.2, 0.25) is 0 Å². The van der Waals surface area contributed by atoms with E-state index in [1.54, 1.807) is 18.2 Å². The molecule has 0 amide bonds. The standard InChI is InChI=1S/C24H28O5/c1-17-6-9-20(10-7-17)29-16-19(15-25)24(2,3)13-12-18-8-11-21(23(26)28-5)22(14-18)27-4/h6-11,14,19,25H,15-16H2,1-5H3/t19-/m0/s1. The maximum absolute atomic E-state index is 11.8. The van der Waals surface area contributed by atoms with Crippen molar-refractivity contribution in [1.29, 1.82) is 0 Å². The summed E-state index contributed by atoms with van der Waals surface area (Å²) in [6.07, 6.45) is 0. The Morgan fingerprint density at radius 2 is 1.83 bits per heavy atom. The molecule has 0 unspecified atom stereocenters. The van der Waals surface area contributed by atoms with E-state index in [1.165, 1.54) is 14.2 Å². The van der Waals surface area contributed by atoms with Gasteiger partial charge >= 0.3 is 5.97 Å². The largest absolute Gasteiger partial charge is 0.496 e. The van der Waals surface area contributed by atoms with E-state index >= 15 is 0 Å². The fourth-order valence-electron chi connectivity index (χ4n) is 2.70. The lowest BCUT2D eigenvalue weighted by molar-refractivity contribution is 0.0597. The molecule has 1 atom stereocenters. The molecule has 0 spiro atoms. The van der Waals surface area contributed by atoms with E-state index in [9.17, 15) is 9.90 Å². The predicted molar refractivity (Wildman–Crippen MR) is 112 cm³/mol. The Balaban J connectivity index is 2.15. The van der Waals surface area contributed by atoms with Crippen LogP contribution in [0.4, 0.5) is 0 Å². The predicted octanol–water partition coefficient (Wildman–Crippen LogP) is 3.86. The summed E-state index contributed by atoms with van der Waals surface area (Å²) in [6.45, 7) is 6.27. The van der Waals surface area contributed by atoms with Crippen LogP contribution in [0.25, 0.3) is 0 Å². The quantitative estimate of drug-likeness (QED) is 0.569. The van der Waals surface area contributed by atoms with Crippen LogP contribution in [0, 0.1) is 30.1 Å². The average molecular weight is 396 g/mol. The third-order valence-corrected chi connectivity index (χ3v) is 4.85. The van der Waals surface area contributed by atoms with Gasteiger partial charge < -0.3 is 19.3 Å². The average Bonchev–Trinajstić information content (AvgIpc) is 2.73. The van der Waals surface area contributed by atoms with Crippen molar-refractivity contribution in [3.05, 3.63) is 59.2 Å². The van der Waals surface area contributed by atoms with Gasteiger partial charge in [0, 0.05) is 16.9 Å². The molecule has 29 heavy (non-hydrogen) atoms. The van der Waals surface area contributed by atoms with Gasteiger partial charge in [0.15, 0.2) is 0 Å². The minimum atomic E-state index is -0.492. The van der Waals surface area contributed by atoms with Gasteiger partial charge in [-0.25, -0.2) is 4.79 Å². The number of carbonyl (C=O) groups is 1. The topological polar surface area (TPSA) is 65.0 Å². The van der Waals surface area contributed by atoms with E-state index in [1.807, 2.05) is 45.0 Å². The van der Waals surface area contributed by atoms with Crippen LogP contribution in [-0.2, 0) is 4.74 Å². The molecule has 154 valence electrons. The van der Waals surface area contributed by atoms with Crippen LogP contribution in [0.5, 0.6) is 11.5 Å². The zero-order valence-corrected chi connectivity index (χ0v) is 17.6. The molecule has 5 heteroatoms. The van der Waals surface area contributed by atoms with Gasteiger partial charge in [-0.05, 0) is 51.1 Å². The second kappa shape index (κ2) is 9.99. The van der Waals surface area contributed by atoms with E-state index < -0.39 is 11.4 Å². The summed E-state index contributed by atoms with van der Waals surface area (Å²) in [7, 11) is 2.82. The van der Waals surface area contributed by atoms with Crippen LogP contribution in [0.2, 0.25) is 0 Å². The van der Waals surface area contributed by atoms with Crippen LogP contribution in [0.3, 0.4) is 0 Å².